The van der Waals surface area contributed by atoms with E-state index in [1.807, 2.05) is 6.92 Å². The Morgan fingerprint density at radius 1 is 1.75 bits per heavy atom. The molecule has 0 N–H and O–H groups in total. The van der Waals surface area contributed by atoms with E-state index in [0.29, 0.717) is 19.7 Å². The average molecular weight is 119 g/mol. The Labute approximate surface area is 48.2 Å². The van der Waals surface area contributed by atoms with E-state index in [0.717, 1.165) is 5.12 Å². The Bertz CT molecular complexity index is 70.8. The lowest BCUT2D eigenvalue weighted by molar-refractivity contribution is -0.0997. The van der Waals surface area contributed by atoms with Crippen molar-refractivity contribution in [1.29, 1.82) is 0 Å². The predicted octanol–water partition coefficient (Wildman–Crippen LogP) is 0.592. The molecule has 3 heteroatoms. The second kappa shape index (κ2) is 2.42. The van der Waals surface area contributed by atoms with E-state index in [4.69, 9.17) is 4.74 Å². The fourth-order valence-electron chi connectivity index (χ4n) is 0.776. The van der Waals surface area contributed by atoms with Crippen molar-refractivity contribution in [2.45, 2.75) is 13.0 Å². The van der Waals surface area contributed by atoms with Crippen LogP contribution in [-0.2, 0) is 4.74 Å². The first-order chi connectivity index (χ1) is 3.79. The summed E-state index contributed by atoms with van der Waals surface area (Å²) in [5.74, 6) is 0. The molecule has 8 heavy (non-hydrogen) atoms. The van der Waals surface area contributed by atoms with Crippen LogP contribution in [-0.4, -0.2) is 30.9 Å². The van der Waals surface area contributed by atoms with Gasteiger partial charge in [0.05, 0.1) is 25.8 Å². The minimum atomic E-state index is 0.0637. The first-order valence-electron chi connectivity index (χ1n) is 2.81. The SMILES string of the molecule is CC1CN(F)CCO1. The first kappa shape index (κ1) is 5.98. The molecule has 0 aromatic heterocycles. The van der Waals surface area contributed by atoms with E-state index in [1.54, 1.807) is 0 Å². The van der Waals surface area contributed by atoms with Gasteiger partial charge in [-0.05, 0) is 6.92 Å². The van der Waals surface area contributed by atoms with Crippen LogP contribution in [0.3, 0.4) is 0 Å². The van der Waals surface area contributed by atoms with Crippen LogP contribution in [0.2, 0.25) is 0 Å². The van der Waals surface area contributed by atoms with Gasteiger partial charge in [-0.15, -0.1) is 9.60 Å². The number of ether oxygens (including phenoxy) is 1. The van der Waals surface area contributed by atoms with Gasteiger partial charge in [0, 0.05) is 0 Å². The Kier molecular flexibility index (Phi) is 1.81. The van der Waals surface area contributed by atoms with Crippen molar-refractivity contribution in [1.82, 2.24) is 5.12 Å². The van der Waals surface area contributed by atoms with Crippen molar-refractivity contribution in [2.24, 2.45) is 0 Å². The first-order valence-corrected chi connectivity index (χ1v) is 2.81. The number of nitrogens with zero attached hydrogens (tertiary/aromatic N) is 1. The summed E-state index contributed by atoms with van der Waals surface area (Å²) in [4.78, 5) is 0. The molecule has 48 valence electrons. The summed E-state index contributed by atoms with van der Waals surface area (Å²) < 4.78 is 17.3. The van der Waals surface area contributed by atoms with Crippen LogP contribution in [0.15, 0.2) is 0 Å². The predicted molar refractivity (Wildman–Crippen MR) is 28.1 cm³/mol. The summed E-state index contributed by atoms with van der Waals surface area (Å²) in [6, 6.07) is 0. The molecule has 0 aliphatic carbocycles. The maximum atomic E-state index is 12.2. The number of morpholine rings is 1. The Hall–Kier alpha value is -0.150. The second-order valence-corrected chi connectivity index (χ2v) is 2.05. The van der Waals surface area contributed by atoms with Crippen LogP contribution in [0.25, 0.3) is 0 Å². The van der Waals surface area contributed by atoms with Crippen LogP contribution in [0.1, 0.15) is 6.92 Å². The lowest BCUT2D eigenvalue weighted by Gasteiger charge is -2.23. The topological polar surface area (TPSA) is 12.5 Å². The molecule has 1 atom stereocenters. The maximum absolute atomic E-state index is 12.2. The number of hydrogen-bond donors (Lipinski definition) is 0. The third kappa shape index (κ3) is 1.42. The van der Waals surface area contributed by atoms with E-state index in [2.05, 4.69) is 0 Å². The van der Waals surface area contributed by atoms with Gasteiger partial charge in [0.25, 0.3) is 0 Å². The third-order valence-corrected chi connectivity index (χ3v) is 1.19. The highest BCUT2D eigenvalue weighted by molar-refractivity contribution is 4.59. The van der Waals surface area contributed by atoms with Crippen LogP contribution in [0, 0.1) is 0 Å². The molecule has 2 nitrogen and oxygen atoms in total. The number of halogens is 1. The fourth-order valence-corrected chi connectivity index (χ4v) is 0.776. The maximum Gasteiger partial charge on any atom is 0.0700 e. The van der Waals surface area contributed by atoms with Gasteiger partial charge in [0.2, 0.25) is 0 Å². The Morgan fingerprint density at radius 3 is 2.88 bits per heavy atom. The van der Waals surface area contributed by atoms with Crippen molar-refractivity contribution in [3.63, 3.8) is 0 Å². The summed E-state index contributed by atoms with van der Waals surface area (Å²) >= 11 is 0. The summed E-state index contributed by atoms with van der Waals surface area (Å²) in [6.45, 7) is 3.23. The molecule has 1 heterocycles. The van der Waals surface area contributed by atoms with E-state index in [-0.39, 0.29) is 6.10 Å². The normalized spacial score (nSPS) is 33.0. The summed E-state index contributed by atoms with van der Waals surface area (Å²) in [5.41, 5.74) is 0. The molecule has 1 aliphatic heterocycles. The highest BCUT2D eigenvalue weighted by atomic mass is 19.2. The minimum Gasteiger partial charge on any atom is -0.376 e. The van der Waals surface area contributed by atoms with Gasteiger partial charge in [0.1, 0.15) is 0 Å². The molecule has 1 fully saturated rings. The fraction of sp³-hybridized carbons (Fsp3) is 1.00. The smallest absolute Gasteiger partial charge is 0.0700 e. The quantitative estimate of drug-likeness (QED) is 0.433. The average Bonchev–Trinajstić information content (AvgIpc) is 1.64. The van der Waals surface area contributed by atoms with Crippen molar-refractivity contribution >= 4 is 0 Å². The zero-order valence-corrected chi connectivity index (χ0v) is 4.93. The minimum absolute atomic E-state index is 0.0637. The van der Waals surface area contributed by atoms with Crippen LogP contribution in [0.5, 0.6) is 0 Å². The van der Waals surface area contributed by atoms with E-state index in [1.165, 1.54) is 0 Å². The Balaban J connectivity index is 2.23. The molecule has 0 spiro atoms. The van der Waals surface area contributed by atoms with Crippen LogP contribution >= 0.6 is 0 Å². The zero-order chi connectivity index (χ0) is 5.98. The molecule has 0 saturated carbocycles. The molecular weight excluding hydrogens is 109 g/mol. The van der Waals surface area contributed by atoms with E-state index < -0.39 is 0 Å². The van der Waals surface area contributed by atoms with Gasteiger partial charge in [-0.25, -0.2) is 0 Å². The molecule has 1 unspecified atom stereocenters. The van der Waals surface area contributed by atoms with Crippen LogP contribution < -0.4 is 0 Å². The zero-order valence-electron chi connectivity index (χ0n) is 4.93. The molecule has 0 aromatic carbocycles. The molecule has 0 radical (unpaired) electrons. The lowest BCUT2D eigenvalue weighted by Crippen LogP contribution is -2.35. The van der Waals surface area contributed by atoms with Gasteiger partial charge < -0.3 is 4.74 Å². The number of hydrogen-bond acceptors (Lipinski definition) is 2. The molecule has 1 aliphatic rings. The number of rotatable bonds is 0. The molecule has 0 aromatic rings. The van der Waals surface area contributed by atoms with Gasteiger partial charge in [-0.3, -0.25) is 0 Å². The van der Waals surface area contributed by atoms with Gasteiger partial charge in [-0.1, -0.05) is 0 Å². The standard InChI is InChI=1S/C5H10FNO/c1-5-4-7(6)2-3-8-5/h5H,2-4H2,1H3. The molecule has 1 saturated heterocycles. The second-order valence-electron chi connectivity index (χ2n) is 2.05. The van der Waals surface area contributed by atoms with Gasteiger partial charge >= 0.3 is 0 Å². The summed E-state index contributed by atoms with van der Waals surface area (Å²) in [7, 11) is 0. The van der Waals surface area contributed by atoms with E-state index >= 15 is 0 Å². The van der Waals surface area contributed by atoms with Crippen LogP contribution in [0.4, 0.5) is 4.48 Å². The lowest BCUT2D eigenvalue weighted by atomic mass is 10.3. The largest absolute Gasteiger partial charge is 0.376 e. The monoisotopic (exact) mass is 119 g/mol. The Morgan fingerprint density at radius 2 is 2.50 bits per heavy atom. The van der Waals surface area contributed by atoms with Gasteiger partial charge in [0.15, 0.2) is 0 Å². The third-order valence-electron chi connectivity index (χ3n) is 1.19. The van der Waals surface area contributed by atoms with Crippen molar-refractivity contribution in [2.75, 3.05) is 19.7 Å². The highest BCUT2D eigenvalue weighted by Crippen LogP contribution is 2.02. The molecule has 1 rings (SSSR count). The van der Waals surface area contributed by atoms with Crippen molar-refractivity contribution < 1.29 is 9.22 Å². The van der Waals surface area contributed by atoms with Gasteiger partial charge in [-0.2, -0.15) is 0 Å². The summed E-state index contributed by atoms with van der Waals surface area (Å²) in [6.07, 6.45) is 0.0637. The van der Waals surface area contributed by atoms with Crippen molar-refractivity contribution in [3.05, 3.63) is 0 Å². The highest BCUT2D eigenvalue weighted by Gasteiger charge is 2.14. The summed E-state index contributed by atoms with van der Waals surface area (Å²) in [5, 5.41) is 0.786. The molecule has 0 amide bonds. The molecule has 0 bridgehead atoms. The van der Waals surface area contributed by atoms with Crippen molar-refractivity contribution in [3.8, 4) is 0 Å². The molecular formula is C5H10FNO. The van der Waals surface area contributed by atoms with E-state index in [9.17, 15) is 4.48 Å².